The fraction of sp³-hybridized carbons (Fsp3) is 0.462. The van der Waals surface area contributed by atoms with Crippen molar-refractivity contribution < 1.29 is 14.6 Å². The summed E-state index contributed by atoms with van der Waals surface area (Å²) >= 11 is 5.68. The summed E-state index contributed by atoms with van der Waals surface area (Å²) < 4.78 is 5.08. The molecule has 0 spiro atoms. The topological polar surface area (TPSA) is 58.6 Å². The molecule has 0 aliphatic carbocycles. The molecular formula is C13H18ClNO3. The number of anilines is 1. The van der Waals surface area contributed by atoms with Crippen molar-refractivity contribution in [1.29, 1.82) is 0 Å². The first kappa shape index (κ1) is 14.6. The third-order valence-corrected chi connectivity index (χ3v) is 2.71. The average Bonchev–Trinajstić information content (AvgIpc) is 2.33. The van der Waals surface area contributed by atoms with Crippen LogP contribution in [-0.4, -0.2) is 23.5 Å². The van der Waals surface area contributed by atoms with Gasteiger partial charge in [0.15, 0.2) is 11.5 Å². The minimum absolute atomic E-state index is 0.0805. The van der Waals surface area contributed by atoms with Crippen LogP contribution in [0.5, 0.6) is 11.5 Å². The van der Waals surface area contributed by atoms with Gasteiger partial charge in [0, 0.05) is 0 Å². The largest absolute Gasteiger partial charge is 0.503 e. The molecule has 0 heterocycles. The Morgan fingerprint density at radius 2 is 2.22 bits per heavy atom. The fourth-order valence-electron chi connectivity index (χ4n) is 1.58. The summed E-state index contributed by atoms with van der Waals surface area (Å²) in [5.41, 5.74) is 1.32. The van der Waals surface area contributed by atoms with Crippen LogP contribution in [0.15, 0.2) is 12.1 Å². The van der Waals surface area contributed by atoms with Gasteiger partial charge in [-0.05, 0) is 31.0 Å². The van der Waals surface area contributed by atoms with Crippen LogP contribution in [0.3, 0.4) is 0 Å². The second kappa shape index (κ2) is 6.50. The molecule has 5 heteroatoms. The van der Waals surface area contributed by atoms with E-state index in [9.17, 15) is 9.90 Å². The number of carbonyl (C=O) groups excluding carboxylic acids is 1. The third kappa shape index (κ3) is 3.53. The number of alkyl halides is 1. The van der Waals surface area contributed by atoms with Crippen LogP contribution in [0, 0.1) is 0 Å². The molecule has 0 aliphatic rings. The first-order valence-electron chi connectivity index (χ1n) is 5.84. The fourth-order valence-corrected chi connectivity index (χ4v) is 1.64. The number of rotatable bonds is 5. The average molecular weight is 272 g/mol. The van der Waals surface area contributed by atoms with Gasteiger partial charge in [-0.1, -0.05) is 13.3 Å². The normalized spacial score (nSPS) is 12.0. The van der Waals surface area contributed by atoms with Gasteiger partial charge in [-0.3, -0.25) is 4.79 Å². The van der Waals surface area contributed by atoms with Crippen LogP contribution < -0.4 is 10.1 Å². The highest BCUT2D eigenvalue weighted by molar-refractivity contribution is 6.32. The second-order valence-corrected chi connectivity index (χ2v) is 4.70. The van der Waals surface area contributed by atoms with Crippen molar-refractivity contribution in [3.05, 3.63) is 17.7 Å². The Kier molecular flexibility index (Phi) is 5.28. The number of hydrogen-bond acceptors (Lipinski definition) is 3. The first-order chi connectivity index (χ1) is 8.49. The molecule has 4 nitrogen and oxygen atoms in total. The summed E-state index contributed by atoms with van der Waals surface area (Å²) in [5, 5.41) is 11.8. The summed E-state index contributed by atoms with van der Waals surface area (Å²) in [6.07, 6.45) is 1.81. The molecule has 0 radical (unpaired) electrons. The lowest BCUT2D eigenvalue weighted by atomic mass is 10.1. The van der Waals surface area contributed by atoms with Crippen molar-refractivity contribution in [2.75, 3.05) is 12.4 Å². The minimum Gasteiger partial charge on any atom is -0.503 e. The predicted octanol–water partition coefficient (Wildman–Crippen LogP) is 2.92. The lowest BCUT2D eigenvalue weighted by Crippen LogP contribution is -2.20. The zero-order valence-electron chi connectivity index (χ0n) is 10.8. The molecule has 0 fully saturated rings. The quantitative estimate of drug-likeness (QED) is 0.639. The van der Waals surface area contributed by atoms with Gasteiger partial charge in [0.2, 0.25) is 5.91 Å². The van der Waals surface area contributed by atoms with Gasteiger partial charge in [0.1, 0.15) is 5.38 Å². The Morgan fingerprint density at radius 1 is 1.56 bits per heavy atom. The number of phenolic OH excluding ortho intramolecular Hbond substituents is 1. The number of phenols is 1. The van der Waals surface area contributed by atoms with Gasteiger partial charge in [0.25, 0.3) is 0 Å². The molecule has 0 aromatic heterocycles. The Morgan fingerprint density at radius 3 is 2.72 bits per heavy atom. The molecule has 0 saturated heterocycles. The van der Waals surface area contributed by atoms with Gasteiger partial charge in [-0.2, -0.15) is 0 Å². The number of ether oxygens (including phenoxy) is 1. The van der Waals surface area contributed by atoms with Crippen LogP contribution in [-0.2, 0) is 11.2 Å². The van der Waals surface area contributed by atoms with E-state index in [1.54, 1.807) is 19.1 Å². The molecule has 0 bridgehead atoms. The molecule has 0 aliphatic heterocycles. The van der Waals surface area contributed by atoms with E-state index in [4.69, 9.17) is 16.3 Å². The molecule has 1 amide bonds. The number of hydrogen-bond donors (Lipinski definition) is 2. The summed E-state index contributed by atoms with van der Waals surface area (Å²) in [6, 6.07) is 3.50. The Bertz CT molecular complexity index is 432. The zero-order valence-corrected chi connectivity index (χ0v) is 11.5. The SMILES string of the molecule is CCCc1cc(NC(=O)C(C)Cl)c(O)c(OC)c1. The lowest BCUT2D eigenvalue weighted by molar-refractivity contribution is -0.115. The van der Waals surface area contributed by atoms with E-state index < -0.39 is 5.38 Å². The van der Waals surface area contributed by atoms with Crippen LogP contribution in [0.2, 0.25) is 0 Å². The monoisotopic (exact) mass is 271 g/mol. The molecular weight excluding hydrogens is 254 g/mol. The molecule has 1 rings (SSSR count). The van der Waals surface area contributed by atoms with E-state index in [1.165, 1.54) is 7.11 Å². The number of benzene rings is 1. The van der Waals surface area contributed by atoms with E-state index in [1.807, 2.05) is 0 Å². The van der Waals surface area contributed by atoms with Crippen molar-refractivity contribution in [3.8, 4) is 11.5 Å². The Hall–Kier alpha value is -1.42. The molecule has 1 aromatic carbocycles. The Balaban J connectivity index is 3.08. The van der Waals surface area contributed by atoms with E-state index in [2.05, 4.69) is 12.2 Å². The van der Waals surface area contributed by atoms with Crippen LogP contribution in [0.4, 0.5) is 5.69 Å². The molecule has 1 aromatic rings. The lowest BCUT2D eigenvalue weighted by Gasteiger charge is -2.13. The number of aromatic hydroxyl groups is 1. The molecule has 100 valence electrons. The number of methoxy groups -OCH3 is 1. The van der Waals surface area contributed by atoms with Crippen molar-refractivity contribution in [3.63, 3.8) is 0 Å². The first-order valence-corrected chi connectivity index (χ1v) is 6.28. The standard InChI is InChI=1S/C13H18ClNO3/c1-4-5-9-6-10(15-13(17)8(2)14)12(16)11(7-9)18-3/h6-8,16H,4-5H2,1-3H3,(H,15,17). The van der Waals surface area contributed by atoms with Gasteiger partial charge >= 0.3 is 0 Å². The maximum atomic E-state index is 11.5. The third-order valence-electron chi connectivity index (χ3n) is 2.51. The molecule has 2 N–H and O–H groups in total. The maximum Gasteiger partial charge on any atom is 0.242 e. The number of amides is 1. The van der Waals surface area contributed by atoms with E-state index >= 15 is 0 Å². The predicted molar refractivity (Wildman–Crippen MR) is 72.6 cm³/mol. The highest BCUT2D eigenvalue weighted by Crippen LogP contribution is 2.36. The molecule has 0 saturated carbocycles. The smallest absolute Gasteiger partial charge is 0.242 e. The maximum absolute atomic E-state index is 11.5. The van der Waals surface area contributed by atoms with Crippen LogP contribution in [0.1, 0.15) is 25.8 Å². The highest BCUT2D eigenvalue weighted by atomic mass is 35.5. The zero-order chi connectivity index (χ0) is 13.7. The highest BCUT2D eigenvalue weighted by Gasteiger charge is 2.15. The van der Waals surface area contributed by atoms with Crippen molar-refractivity contribution in [1.82, 2.24) is 0 Å². The molecule has 1 unspecified atom stereocenters. The van der Waals surface area contributed by atoms with Crippen molar-refractivity contribution in [2.24, 2.45) is 0 Å². The minimum atomic E-state index is -0.662. The molecule has 1 atom stereocenters. The second-order valence-electron chi connectivity index (χ2n) is 4.05. The number of nitrogens with one attached hydrogen (secondary N) is 1. The summed E-state index contributed by atoms with van der Waals surface area (Å²) in [5.74, 6) is -0.0934. The summed E-state index contributed by atoms with van der Waals surface area (Å²) in [4.78, 5) is 11.5. The summed E-state index contributed by atoms with van der Waals surface area (Å²) in [6.45, 7) is 3.62. The van der Waals surface area contributed by atoms with Gasteiger partial charge in [-0.15, -0.1) is 11.6 Å². The number of halogens is 1. The summed E-state index contributed by atoms with van der Waals surface area (Å²) in [7, 11) is 1.47. The number of carbonyl (C=O) groups is 1. The van der Waals surface area contributed by atoms with Gasteiger partial charge in [0.05, 0.1) is 12.8 Å². The van der Waals surface area contributed by atoms with Crippen molar-refractivity contribution >= 4 is 23.2 Å². The van der Waals surface area contributed by atoms with Gasteiger partial charge in [-0.25, -0.2) is 0 Å². The van der Waals surface area contributed by atoms with E-state index in [-0.39, 0.29) is 11.7 Å². The molecule has 18 heavy (non-hydrogen) atoms. The Labute approximate surface area is 112 Å². The van der Waals surface area contributed by atoms with Gasteiger partial charge < -0.3 is 15.2 Å². The van der Waals surface area contributed by atoms with Crippen LogP contribution >= 0.6 is 11.6 Å². The van der Waals surface area contributed by atoms with Crippen molar-refractivity contribution in [2.45, 2.75) is 32.1 Å². The van der Waals surface area contributed by atoms with E-state index in [0.29, 0.717) is 11.4 Å². The van der Waals surface area contributed by atoms with Crippen LogP contribution in [0.25, 0.3) is 0 Å². The number of aryl methyl sites for hydroxylation is 1. The van der Waals surface area contributed by atoms with E-state index in [0.717, 1.165) is 18.4 Å².